The highest BCUT2D eigenvalue weighted by Gasteiger charge is 2.31. The van der Waals surface area contributed by atoms with Crippen molar-refractivity contribution in [2.24, 2.45) is 0 Å². The highest BCUT2D eigenvalue weighted by molar-refractivity contribution is 7.98. The molecule has 0 amide bonds. The number of nitrogens with zero attached hydrogens (tertiary/aromatic N) is 3. The molecule has 0 aliphatic heterocycles. The van der Waals surface area contributed by atoms with Crippen LogP contribution in [0.1, 0.15) is 5.56 Å². The number of halogens is 4. The molecule has 3 nitrogen and oxygen atoms in total. The van der Waals surface area contributed by atoms with Crippen LogP contribution in [0.4, 0.5) is 13.2 Å². The van der Waals surface area contributed by atoms with Crippen LogP contribution in [0.2, 0.25) is 5.02 Å². The molecule has 2 rings (SSSR count). The van der Waals surface area contributed by atoms with Gasteiger partial charge in [0.15, 0.2) is 11.0 Å². The molecule has 0 saturated carbocycles. The number of thioether (sulfide) groups is 1. The van der Waals surface area contributed by atoms with Gasteiger partial charge in [-0.15, -0.1) is 0 Å². The van der Waals surface area contributed by atoms with E-state index < -0.39 is 11.7 Å². The van der Waals surface area contributed by atoms with Gasteiger partial charge in [-0.2, -0.15) is 13.2 Å². The molecule has 0 bridgehead atoms. The van der Waals surface area contributed by atoms with Gasteiger partial charge in [-0.05, 0) is 12.3 Å². The van der Waals surface area contributed by atoms with Gasteiger partial charge >= 0.3 is 6.18 Å². The highest BCUT2D eigenvalue weighted by Crippen LogP contribution is 2.32. The average Bonchev–Trinajstić information content (AvgIpc) is 2.75. The van der Waals surface area contributed by atoms with E-state index in [4.69, 9.17) is 11.6 Å². The van der Waals surface area contributed by atoms with Crippen LogP contribution in [-0.2, 0) is 6.18 Å². The van der Waals surface area contributed by atoms with E-state index in [1.807, 2.05) is 0 Å². The summed E-state index contributed by atoms with van der Waals surface area (Å²) in [6.45, 7) is 0. The van der Waals surface area contributed by atoms with Crippen molar-refractivity contribution in [3.8, 4) is 5.82 Å². The number of alkyl halides is 3. The topological polar surface area (TPSA) is 30.7 Å². The predicted molar refractivity (Wildman–Crippen MR) is 63.2 cm³/mol. The molecule has 0 fully saturated rings. The lowest BCUT2D eigenvalue weighted by atomic mass is 10.3. The first-order valence-electron chi connectivity index (χ1n) is 4.74. The first-order valence-corrected chi connectivity index (χ1v) is 6.34. The number of rotatable bonds is 2. The summed E-state index contributed by atoms with van der Waals surface area (Å²) in [7, 11) is 0. The fraction of sp³-hybridized carbons (Fsp3) is 0.200. The second-order valence-electron chi connectivity index (χ2n) is 3.31. The predicted octanol–water partition coefficient (Wildman–Crippen LogP) is 3.66. The quantitative estimate of drug-likeness (QED) is 0.792. The molecular formula is C10H7ClF3N3S. The molecule has 0 spiro atoms. The number of aromatic nitrogens is 3. The van der Waals surface area contributed by atoms with E-state index in [1.165, 1.54) is 22.5 Å². The van der Waals surface area contributed by atoms with Crippen molar-refractivity contribution in [1.29, 1.82) is 0 Å². The van der Waals surface area contributed by atoms with Gasteiger partial charge in [0.1, 0.15) is 0 Å². The van der Waals surface area contributed by atoms with Crippen molar-refractivity contribution in [3.05, 3.63) is 35.2 Å². The zero-order chi connectivity index (χ0) is 13.3. The monoisotopic (exact) mass is 293 g/mol. The van der Waals surface area contributed by atoms with Crippen molar-refractivity contribution < 1.29 is 13.2 Å². The van der Waals surface area contributed by atoms with Gasteiger partial charge in [-0.3, -0.25) is 4.57 Å². The lowest BCUT2D eigenvalue weighted by Gasteiger charge is -2.10. The third-order valence-corrected chi connectivity index (χ3v) is 3.11. The van der Waals surface area contributed by atoms with E-state index >= 15 is 0 Å². The average molecular weight is 294 g/mol. The SMILES string of the molecule is CSc1nccn1-c1ncc(C(F)(F)F)cc1Cl. The first kappa shape index (κ1) is 13.2. The van der Waals surface area contributed by atoms with Crippen molar-refractivity contribution in [3.63, 3.8) is 0 Å². The summed E-state index contributed by atoms with van der Waals surface area (Å²) in [5.41, 5.74) is -0.873. The maximum Gasteiger partial charge on any atom is 0.417 e. The largest absolute Gasteiger partial charge is 0.417 e. The second kappa shape index (κ2) is 4.81. The van der Waals surface area contributed by atoms with Crippen LogP contribution in [0.3, 0.4) is 0 Å². The zero-order valence-corrected chi connectivity index (χ0v) is 10.6. The smallest absolute Gasteiger partial charge is 0.278 e. The summed E-state index contributed by atoms with van der Waals surface area (Å²) >= 11 is 7.18. The van der Waals surface area contributed by atoms with E-state index in [2.05, 4.69) is 9.97 Å². The normalized spacial score (nSPS) is 11.8. The minimum atomic E-state index is -4.45. The Labute approximate surface area is 110 Å². The second-order valence-corrected chi connectivity index (χ2v) is 4.49. The van der Waals surface area contributed by atoms with E-state index in [0.717, 1.165) is 12.3 Å². The molecule has 96 valence electrons. The standard InChI is InChI=1S/C10H7ClF3N3S/c1-18-9-15-2-3-17(9)8-7(11)4-6(5-16-8)10(12,13)14/h2-5H,1H3. The maximum atomic E-state index is 12.5. The van der Waals surface area contributed by atoms with Gasteiger partial charge in [0.2, 0.25) is 0 Å². The summed E-state index contributed by atoms with van der Waals surface area (Å²) in [4.78, 5) is 7.78. The van der Waals surface area contributed by atoms with Crippen molar-refractivity contribution in [1.82, 2.24) is 14.5 Å². The number of hydrogen-bond donors (Lipinski definition) is 0. The van der Waals surface area contributed by atoms with Crippen LogP contribution in [-0.4, -0.2) is 20.8 Å². The maximum absolute atomic E-state index is 12.5. The van der Waals surface area contributed by atoms with Gasteiger partial charge in [-0.25, -0.2) is 9.97 Å². The van der Waals surface area contributed by atoms with Gasteiger partial charge < -0.3 is 0 Å². The fourth-order valence-corrected chi connectivity index (χ4v) is 2.13. The Morgan fingerprint density at radius 3 is 2.61 bits per heavy atom. The Morgan fingerprint density at radius 1 is 1.33 bits per heavy atom. The zero-order valence-electron chi connectivity index (χ0n) is 9.07. The van der Waals surface area contributed by atoms with E-state index in [0.29, 0.717) is 5.16 Å². The third-order valence-electron chi connectivity index (χ3n) is 2.17. The van der Waals surface area contributed by atoms with E-state index in [9.17, 15) is 13.2 Å². The van der Waals surface area contributed by atoms with Crippen molar-refractivity contribution in [2.45, 2.75) is 11.3 Å². The van der Waals surface area contributed by atoms with E-state index in [1.54, 1.807) is 12.5 Å². The molecule has 2 heterocycles. The minimum Gasteiger partial charge on any atom is -0.278 e. The molecule has 0 aliphatic carbocycles. The minimum absolute atomic E-state index is 0.0712. The Kier molecular flexibility index (Phi) is 3.54. The van der Waals surface area contributed by atoms with Gasteiger partial charge in [-0.1, -0.05) is 23.4 Å². The van der Waals surface area contributed by atoms with Crippen LogP contribution < -0.4 is 0 Å². The number of imidazole rings is 1. The van der Waals surface area contributed by atoms with Gasteiger partial charge in [0.25, 0.3) is 0 Å². The molecule has 0 aromatic carbocycles. The Morgan fingerprint density at radius 2 is 2.06 bits per heavy atom. The van der Waals surface area contributed by atoms with Crippen molar-refractivity contribution >= 4 is 23.4 Å². The molecular weight excluding hydrogens is 287 g/mol. The molecule has 0 N–H and O–H groups in total. The van der Waals surface area contributed by atoms with Gasteiger partial charge in [0.05, 0.1) is 10.6 Å². The number of hydrogen-bond acceptors (Lipinski definition) is 3. The first-order chi connectivity index (χ1) is 8.43. The Balaban J connectivity index is 2.48. The third kappa shape index (κ3) is 2.46. The molecule has 0 aliphatic rings. The molecule has 0 unspecified atom stereocenters. The molecule has 2 aromatic heterocycles. The van der Waals surface area contributed by atoms with Crippen LogP contribution in [0.25, 0.3) is 5.82 Å². The molecule has 2 aromatic rings. The van der Waals surface area contributed by atoms with Crippen LogP contribution in [0, 0.1) is 0 Å². The summed E-state index contributed by atoms with van der Waals surface area (Å²) < 4.78 is 38.9. The molecule has 8 heteroatoms. The summed E-state index contributed by atoms with van der Waals surface area (Å²) in [5, 5.41) is 0.530. The Bertz CT molecular complexity index is 568. The summed E-state index contributed by atoms with van der Waals surface area (Å²) in [6.07, 6.45) is 1.23. The summed E-state index contributed by atoms with van der Waals surface area (Å²) in [6, 6.07) is 0.855. The van der Waals surface area contributed by atoms with Gasteiger partial charge in [0, 0.05) is 18.6 Å². The lowest BCUT2D eigenvalue weighted by molar-refractivity contribution is -0.137. The summed E-state index contributed by atoms with van der Waals surface area (Å²) in [5.74, 6) is 0.228. The van der Waals surface area contributed by atoms with Crippen LogP contribution in [0.15, 0.2) is 29.8 Å². The molecule has 18 heavy (non-hydrogen) atoms. The lowest BCUT2D eigenvalue weighted by Crippen LogP contribution is -2.07. The van der Waals surface area contributed by atoms with E-state index in [-0.39, 0.29) is 10.8 Å². The molecule has 0 atom stereocenters. The van der Waals surface area contributed by atoms with Crippen LogP contribution >= 0.6 is 23.4 Å². The van der Waals surface area contributed by atoms with Crippen molar-refractivity contribution in [2.75, 3.05) is 6.26 Å². The highest BCUT2D eigenvalue weighted by atomic mass is 35.5. The number of pyridine rings is 1. The Hall–Kier alpha value is -1.21. The fourth-order valence-electron chi connectivity index (χ4n) is 1.36. The van der Waals surface area contributed by atoms with Crippen LogP contribution in [0.5, 0.6) is 0 Å². The molecule has 0 saturated heterocycles. The molecule has 0 radical (unpaired) electrons.